The van der Waals surface area contributed by atoms with E-state index >= 15 is 0 Å². The topological polar surface area (TPSA) is 54.4 Å². The lowest BCUT2D eigenvalue weighted by molar-refractivity contribution is -0.162. The van der Waals surface area contributed by atoms with E-state index in [1.54, 1.807) is 6.08 Å². The molecule has 0 aromatic heterocycles. The maximum absolute atomic E-state index is 12.3. The molecule has 23 heavy (non-hydrogen) atoms. The van der Waals surface area contributed by atoms with Gasteiger partial charge in [-0.1, -0.05) is 31.1 Å². The molecule has 3 nitrogen and oxygen atoms in total. The third kappa shape index (κ3) is 2.90. The van der Waals surface area contributed by atoms with Crippen LogP contribution in [0.25, 0.3) is 0 Å². The molecule has 0 aromatic carbocycles. The highest BCUT2D eigenvalue weighted by Crippen LogP contribution is 2.62. The van der Waals surface area contributed by atoms with Crippen LogP contribution in [0.3, 0.4) is 0 Å². The third-order valence-electron chi connectivity index (χ3n) is 6.89. The van der Waals surface area contributed by atoms with E-state index in [0.29, 0.717) is 5.92 Å². The first-order chi connectivity index (χ1) is 10.8. The minimum absolute atomic E-state index is 0.00411. The van der Waals surface area contributed by atoms with E-state index in [1.165, 1.54) is 0 Å². The Morgan fingerprint density at radius 3 is 2.74 bits per heavy atom. The minimum Gasteiger partial charge on any atom is -0.481 e. The lowest BCUT2D eigenvalue weighted by Gasteiger charge is -2.57. The number of carboxylic acids is 1. The molecule has 4 atom stereocenters. The highest BCUT2D eigenvalue weighted by molar-refractivity contribution is 5.79. The SMILES string of the molecule is CC1=CCC[C@@H]2[C@]1(C(=O)O)CC[C@H](C)[C@@]2(C)CC/C(C)=C/C=O. The zero-order chi connectivity index (χ0) is 17.3. The number of hydrogen-bond acceptors (Lipinski definition) is 2. The summed E-state index contributed by atoms with van der Waals surface area (Å²) in [5.41, 5.74) is 1.47. The number of fused-ring (bicyclic) bond motifs is 1. The summed E-state index contributed by atoms with van der Waals surface area (Å²) in [5, 5.41) is 10.1. The van der Waals surface area contributed by atoms with E-state index in [-0.39, 0.29) is 11.3 Å². The van der Waals surface area contributed by atoms with Crippen LogP contribution >= 0.6 is 0 Å². The van der Waals surface area contributed by atoms with E-state index in [9.17, 15) is 14.7 Å². The summed E-state index contributed by atoms with van der Waals surface area (Å²) < 4.78 is 0. The van der Waals surface area contributed by atoms with Crippen LogP contribution in [0.5, 0.6) is 0 Å². The summed E-state index contributed by atoms with van der Waals surface area (Å²) in [6.07, 6.45) is 10.1. The van der Waals surface area contributed by atoms with Crippen molar-refractivity contribution in [2.45, 2.75) is 66.2 Å². The Morgan fingerprint density at radius 1 is 1.43 bits per heavy atom. The molecule has 2 rings (SSSR count). The van der Waals surface area contributed by atoms with Crippen molar-refractivity contribution in [3.63, 3.8) is 0 Å². The van der Waals surface area contributed by atoms with E-state index in [0.717, 1.165) is 56.0 Å². The van der Waals surface area contributed by atoms with Crippen molar-refractivity contribution in [2.24, 2.45) is 22.7 Å². The quantitative estimate of drug-likeness (QED) is 0.451. The van der Waals surface area contributed by atoms with Crippen LogP contribution in [0.15, 0.2) is 23.3 Å². The summed E-state index contributed by atoms with van der Waals surface area (Å²) >= 11 is 0. The smallest absolute Gasteiger partial charge is 0.314 e. The molecule has 0 spiro atoms. The average Bonchev–Trinajstić information content (AvgIpc) is 2.50. The molecular weight excluding hydrogens is 288 g/mol. The number of allylic oxidation sites excluding steroid dienone is 3. The van der Waals surface area contributed by atoms with Gasteiger partial charge in [-0.05, 0) is 75.7 Å². The highest BCUT2D eigenvalue weighted by Gasteiger charge is 2.59. The minimum atomic E-state index is -0.679. The molecule has 0 unspecified atom stereocenters. The lowest BCUT2D eigenvalue weighted by atomic mass is 9.46. The van der Waals surface area contributed by atoms with Crippen LogP contribution in [0.2, 0.25) is 0 Å². The van der Waals surface area contributed by atoms with Crippen molar-refractivity contribution in [1.82, 2.24) is 0 Å². The molecule has 0 bridgehead atoms. The summed E-state index contributed by atoms with van der Waals surface area (Å²) in [5.74, 6) is 0.0504. The number of hydrogen-bond donors (Lipinski definition) is 1. The molecule has 3 heteroatoms. The van der Waals surface area contributed by atoms with Gasteiger partial charge in [-0.3, -0.25) is 9.59 Å². The Morgan fingerprint density at radius 2 is 2.13 bits per heavy atom. The molecule has 0 aliphatic heterocycles. The van der Waals surface area contributed by atoms with Crippen LogP contribution in [0.4, 0.5) is 0 Å². The Labute approximate surface area is 139 Å². The largest absolute Gasteiger partial charge is 0.481 e. The van der Waals surface area contributed by atoms with E-state index in [4.69, 9.17) is 0 Å². The maximum Gasteiger partial charge on any atom is 0.314 e. The van der Waals surface area contributed by atoms with Gasteiger partial charge in [-0.2, -0.15) is 0 Å². The van der Waals surface area contributed by atoms with Gasteiger partial charge >= 0.3 is 5.97 Å². The predicted molar refractivity (Wildman–Crippen MR) is 92.1 cm³/mol. The van der Waals surface area contributed by atoms with Gasteiger partial charge in [0.25, 0.3) is 0 Å². The van der Waals surface area contributed by atoms with Gasteiger partial charge < -0.3 is 5.11 Å². The second-order valence-corrected chi connectivity index (χ2v) is 7.89. The Hall–Kier alpha value is -1.38. The normalized spacial score (nSPS) is 37.7. The van der Waals surface area contributed by atoms with E-state index in [2.05, 4.69) is 19.9 Å². The van der Waals surface area contributed by atoms with E-state index in [1.807, 2.05) is 13.8 Å². The Balaban J connectivity index is 2.37. The van der Waals surface area contributed by atoms with Gasteiger partial charge in [-0.15, -0.1) is 0 Å². The molecule has 0 saturated heterocycles. The summed E-state index contributed by atoms with van der Waals surface area (Å²) in [6.45, 7) is 8.56. The van der Waals surface area contributed by atoms with Crippen molar-refractivity contribution < 1.29 is 14.7 Å². The average molecular weight is 318 g/mol. The number of carboxylic acid groups (broad SMARTS) is 1. The van der Waals surface area contributed by atoms with Crippen molar-refractivity contribution >= 4 is 12.3 Å². The van der Waals surface area contributed by atoms with Gasteiger partial charge in [0.05, 0.1) is 5.41 Å². The number of aliphatic carboxylic acids is 1. The third-order valence-corrected chi connectivity index (χ3v) is 6.89. The summed E-state index contributed by atoms with van der Waals surface area (Å²) in [6, 6.07) is 0. The van der Waals surface area contributed by atoms with Gasteiger partial charge in [0.2, 0.25) is 0 Å². The van der Waals surface area contributed by atoms with Gasteiger partial charge in [0.1, 0.15) is 6.29 Å². The molecule has 1 N–H and O–H groups in total. The zero-order valence-corrected chi connectivity index (χ0v) is 14.9. The fraction of sp³-hybridized carbons (Fsp3) is 0.700. The molecule has 1 fully saturated rings. The fourth-order valence-electron chi connectivity index (χ4n) is 5.06. The first-order valence-corrected chi connectivity index (χ1v) is 8.80. The molecule has 128 valence electrons. The molecule has 2 aliphatic carbocycles. The van der Waals surface area contributed by atoms with Crippen LogP contribution in [-0.4, -0.2) is 17.4 Å². The van der Waals surface area contributed by atoms with Crippen molar-refractivity contribution in [3.05, 3.63) is 23.3 Å². The van der Waals surface area contributed by atoms with Crippen molar-refractivity contribution in [3.8, 4) is 0 Å². The van der Waals surface area contributed by atoms with Gasteiger partial charge in [0.15, 0.2) is 0 Å². The van der Waals surface area contributed by atoms with Crippen LogP contribution in [0.1, 0.15) is 66.2 Å². The molecule has 0 amide bonds. The Kier molecular flexibility index (Phi) is 5.17. The molecule has 0 aromatic rings. The Bertz CT molecular complexity index is 545. The first kappa shape index (κ1) is 18.0. The number of carbonyl (C=O) groups is 2. The van der Waals surface area contributed by atoms with Crippen LogP contribution in [-0.2, 0) is 9.59 Å². The maximum atomic E-state index is 12.3. The van der Waals surface area contributed by atoms with E-state index < -0.39 is 11.4 Å². The predicted octanol–water partition coefficient (Wildman–Crippen LogP) is 4.78. The zero-order valence-electron chi connectivity index (χ0n) is 14.9. The van der Waals surface area contributed by atoms with Gasteiger partial charge in [0, 0.05) is 0 Å². The molecule has 1 saturated carbocycles. The molecule has 0 radical (unpaired) electrons. The standard InChI is InChI=1S/C20H30O3/c1-14(10-13-21)8-11-19(4)15(2)9-12-20(18(22)23)16(3)6-5-7-17(19)20/h6,10,13,15,17H,5,7-9,11-12H2,1-4H3,(H,22,23)/b14-10+/t15-,17-,19+,20-/m0/s1. The first-order valence-electron chi connectivity index (χ1n) is 8.80. The molecule has 0 heterocycles. The monoisotopic (exact) mass is 318 g/mol. The second kappa shape index (κ2) is 6.62. The van der Waals surface area contributed by atoms with Crippen molar-refractivity contribution in [1.29, 1.82) is 0 Å². The summed E-state index contributed by atoms with van der Waals surface area (Å²) in [4.78, 5) is 22.9. The second-order valence-electron chi connectivity index (χ2n) is 7.89. The highest BCUT2D eigenvalue weighted by atomic mass is 16.4. The molecule has 2 aliphatic rings. The number of aldehydes is 1. The van der Waals surface area contributed by atoms with Crippen molar-refractivity contribution in [2.75, 3.05) is 0 Å². The lowest BCUT2D eigenvalue weighted by Crippen LogP contribution is -2.54. The van der Waals surface area contributed by atoms with Gasteiger partial charge in [-0.25, -0.2) is 0 Å². The summed E-state index contributed by atoms with van der Waals surface area (Å²) in [7, 11) is 0. The van der Waals surface area contributed by atoms with Crippen LogP contribution in [0, 0.1) is 22.7 Å². The fourth-order valence-corrected chi connectivity index (χ4v) is 5.06. The number of rotatable bonds is 5. The number of carbonyl (C=O) groups excluding carboxylic acids is 1. The van der Waals surface area contributed by atoms with Crippen LogP contribution < -0.4 is 0 Å². The molecular formula is C20H30O3.